The van der Waals surface area contributed by atoms with Crippen molar-refractivity contribution >= 4 is 22.5 Å². The maximum Gasteiger partial charge on any atom is 0.416 e. The molecule has 24 heavy (non-hydrogen) atoms. The highest BCUT2D eigenvalue weighted by Gasteiger charge is 2.29. The summed E-state index contributed by atoms with van der Waals surface area (Å²) >= 11 is 0. The molecule has 1 heterocycles. The van der Waals surface area contributed by atoms with E-state index in [9.17, 15) is 18.0 Å². The van der Waals surface area contributed by atoms with Crippen LogP contribution < -0.4 is 5.32 Å². The third kappa shape index (κ3) is 3.76. The van der Waals surface area contributed by atoms with Crippen molar-refractivity contribution in [3.63, 3.8) is 0 Å². The second-order valence-corrected chi connectivity index (χ2v) is 5.52. The highest BCUT2D eigenvalue weighted by atomic mass is 19.4. The largest absolute Gasteiger partial charge is 0.416 e. The molecular formula is C18H15F3N2O. The summed E-state index contributed by atoms with van der Waals surface area (Å²) in [7, 11) is 0. The number of aromatic amines is 1. The van der Waals surface area contributed by atoms with Gasteiger partial charge in [-0.05, 0) is 47.7 Å². The van der Waals surface area contributed by atoms with Gasteiger partial charge < -0.3 is 10.3 Å². The second-order valence-electron chi connectivity index (χ2n) is 5.52. The molecule has 1 amide bonds. The molecule has 0 spiro atoms. The van der Waals surface area contributed by atoms with E-state index in [1.165, 1.54) is 12.1 Å². The molecule has 0 aliphatic heterocycles. The Labute approximate surface area is 136 Å². The molecule has 0 bridgehead atoms. The number of hydrogen-bond donors (Lipinski definition) is 2. The molecule has 0 aliphatic rings. The monoisotopic (exact) mass is 332 g/mol. The van der Waals surface area contributed by atoms with Crippen LogP contribution in [0.15, 0.2) is 54.7 Å². The molecule has 0 radical (unpaired) electrons. The standard InChI is InChI=1S/C18H15F3N2O/c19-18(20,21)14-5-1-12(2-6-14)3-8-17(24)23-15-7-4-13-9-10-22-16(13)11-15/h1-2,4-7,9-11,22H,3,8H2,(H,23,24). The third-order valence-electron chi connectivity index (χ3n) is 3.76. The first-order chi connectivity index (χ1) is 11.4. The Bertz CT molecular complexity index is 851. The van der Waals surface area contributed by atoms with Gasteiger partial charge in [-0.2, -0.15) is 13.2 Å². The Morgan fingerprint density at radius 3 is 2.50 bits per heavy atom. The van der Waals surface area contributed by atoms with E-state index in [2.05, 4.69) is 10.3 Å². The minimum absolute atomic E-state index is 0.180. The van der Waals surface area contributed by atoms with E-state index in [4.69, 9.17) is 0 Å². The zero-order chi connectivity index (χ0) is 17.2. The lowest BCUT2D eigenvalue weighted by Gasteiger charge is -2.08. The van der Waals surface area contributed by atoms with Crippen molar-refractivity contribution in [2.75, 3.05) is 5.32 Å². The lowest BCUT2D eigenvalue weighted by molar-refractivity contribution is -0.137. The first kappa shape index (κ1) is 16.1. The normalized spacial score (nSPS) is 11.6. The number of H-pyrrole nitrogens is 1. The molecule has 2 N–H and O–H groups in total. The predicted molar refractivity (Wildman–Crippen MR) is 86.7 cm³/mol. The first-order valence-corrected chi connectivity index (χ1v) is 7.45. The Hall–Kier alpha value is -2.76. The van der Waals surface area contributed by atoms with E-state index in [0.29, 0.717) is 17.7 Å². The second kappa shape index (κ2) is 6.39. The van der Waals surface area contributed by atoms with Gasteiger partial charge in [-0.3, -0.25) is 4.79 Å². The van der Waals surface area contributed by atoms with Crippen molar-refractivity contribution in [3.05, 3.63) is 65.9 Å². The number of alkyl halides is 3. The lowest BCUT2D eigenvalue weighted by Crippen LogP contribution is -2.12. The number of fused-ring (bicyclic) bond motifs is 1. The average Bonchev–Trinajstić information content (AvgIpc) is 3.00. The molecule has 0 atom stereocenters. The van der Waals surface area contributed by atoms with Crippen molar-refractivity contribution in [2.24, 2.45) is 0 Å². The van der Waals surface area contributed by atoms with E-state index in [1.54, 1.807) is 0 Å². The first-order valence-electron chi connectivity index (χ1n) is 7.45. The summed E-state index contributed by atoms with van der Waals surface area (Å²) in [5, 5.41) is 3.84. The summed E-state index contributed by atoms with van der Waals surface area (Å²) in [5.74, 6) is -0.180. The summed E-state index contributed by atoms with van der Waals surface area (Å²) in [6.07, 6.45) is -1.93. The van der Waals surface area contributed by atoms with E-state index >= 15 is 0 Å². The zero-order valence-corrected chi connectivity index (χ0v) is 12.7. The average molecular weight is 332 g/mol. The number of nitrogens with one attached hydrogen (secondary N) is 2. The van der Waals surface area contributed by atoms with Crippen LogP contribution in [0.3, 0.4) is 0 Å². The molecule has 124 valence electrons. The minimum atomic E-state index is -4.34. The molecule has 3 aromatic rings. The van der Waals surface area contributed by atoms with Gasteiger partial charge in [0.2, 0.25) is 5.91 Å². The maximum absolute atomic E-state index is 12.5. The van der Waals surface area contributed by atoms with Crippen molar-refractivity contribution in [3.8, 4) is 0 Å². The number of hydrogen-bond acceptors (Lipinski definition) is 1. The van der Waals surface area contributed by atoms with Crippen LogP contribution >= 0.6 is 0 Å². The van der Waals surface area contributed by atoms with E-state index in [-0.39, 0.29) is 12.3 Å². The van der Waals surface area contributed by atoms with Gasteiger partial charge in [0.15, 0.2) is 0 Å². The van der Waals surface area contributed by atoms with Crippen LogP contribution in [0.1, 0.15) is 17.5 Å². The molecule has 3 rings (SSSR count). The van der Waals surface area contributed by atoms with Crippen LogP contribution in [0.4, 0.5) is 18.9 Å². The van der Waals surface area contributed by atoms with E-state index in [1.807, 2.05) is 30.5 Å². The number of carbonyl (C=O) groups excluding carboxylic acids is 1. The van der Waals surface area contributed by atoms with Crippen LogP contribution in [0.5, 0.6) is 0 Å². The van der Waals surface area contributed by atoms with Gasteiger partial charge in [-0.25, -0.2) is 0 Å². The fraction of sp³-hybridized carbons (Fsp3) is 0.167. The van der Waals surface area contributed by atoms with Crippen molar-refractivity contribution in [1.29, 1.82) is 0 Å². The minimum Gasteiger partial charge on any atom is -0.361 e. The maximum atomic E-state index is 12.5. The topological polar surface area (TPSA) is 44.9 Å². The van der Waals surface area contributed by atoms with E-state index < -0.39 is 11.7 Å². The Balaban J connectivity index is 1.57. The van der Waals surface area contributed by atoms with Gasteiger partial charge in [0.05, 0.1) is 5.56 Å². The van der Waals surface area contributed by atoms with Crippen LogP contribution in [0.25, 0.3) is 10.9 Å². The van der Waals surface area contributed by atoms with Crippen LogP contribution in [0.2, 0.25) is 0 Å². The number of anilines is 1. The number of aromatic nitrogens is 1. The van der Waals surface area contributed by atoms with E-state index in [0.717, 1.165) is 23.0 Å². The Morgan fingerprint density at radius 1 is 1.04 bits per heavy atom. The van der Waals surface area contributed by atoms with Crippen molar-refractivity contribution in [1.82, 2.24) is 4.98 Å². The van der Waals surface area contributed by atoms with Crippen LogP contribution in [-0.2, 0) is 17.4 Å². The highest BCUT2D eigenvalue weighted by molar-refractivity contribution is 5.93. The fourth-order valence-electron chi connectivity index (χ4n) is 2.47. The van der Waals surface area contributed by atoms with Gasteiger partial charge in [0.1, 0.15) is 0 Å². The number of aryl methyl sites for hydroxylation is 1. The molecule has 0 fully saturated rings. The van der Waals surface area contributed by atoms with Gasteiger partial charge in [0.25, 0.3) is 0 Å². The van der Waals surface area contributed by atoms with Crippen LogP contribution in [0, 0.1) is 0 Å². The van der Waals surface area contributed by atoms with Gasteiger partial charge in [-0.1, -0.05) is 18.2 Å². The van der Waals surface area contributed by atoms with Gasteiger partial charge in [-0.15, -0.1) is 0 Å². The number of carbonyl (C=O) groups is 1. The quantitative estimate of drug-likeness (QED) is 0.711. The molecule has 6 heteroatoms. The molecule has 0 unspecified atom stereocenters. The summed E-state index contributed by atoms with van der Waals surface area (Å²) in [6, 6.07) is 12.4. The van der Waals surface area contributed by atoms with Crippen molar-refractivity contribution in [2.45, 2.75) is 19.0 Å². The third-order valence-corrected chi connectivity index (χ3v) is 3.76. The predicted octanol–water partition coefficient (Wildman–Crippen LogP) is 4.76. The molecular weight excluding hydrogens is 317 g/mol. The SMILES string of the molecule is O=C(CCc1ccc(C(F)(F)F)cc1)Nc1ccc2cc[nH]c2c1. The number of amides is 1. The number of halogens is 3. The molecule has 1 aromatic heterocycles. The molecule has 3 nitrogen and oxygen atoms in total. The summed E-state index contributed by atoms with van der Waals surface area (Å²) in [5.41, 5.74) is 1.62. The van der Waals surface area contributed by atoms with Gasteiger partial charge in [0, 0.05) is 23.8 Å². The molecule has 0 saturated heterocycles. The molecule has 0 aliphatic carbocycles. The molecule has 0 saturated carbocycles. The number of rotatable bonds is 4. The highest BCUT2D eigenvalue weighted by Crippen LogP contribution is 2.29. The smallest absolute Gasteiger partial charge is 0.361 e. The Kier molecular flexibility index (Phi) is 4.29. The van der Waals surface area contributed by atoms with Gasteiger partial charge >= 0.3 is 6.18 Å². The summed E-state index contributed by atoms with van der Waals surface area (Å²) in [4.78, 5) is 15.1. The molecule has 2 aromatic carbocycles. The number of benzene rings is 2. The zero-order valence-electron chi connectivity index (χ0n) is 12.7. The van der Waals surface area contributed by atoms with Crippen molar-refractivity contribution < 1.29 is 18.0 Å². The van der Waals surface area contributed by atoms with Crippen LogP contribution in [-0.4, -0.2) is 10.9 Å². The fourth-order valence-corrected chi connectivity index (χ4v) is 2.47. The lowest BCUT2D eigenvalue weighted by atomic mass is 10.1. The Morgan fingerprint density at radius 2 is 1.79 bits per heavy atom. The summed E-state index contributed by atoms with van der Waals surface area (Å²) < 4.78 is 37.5. The summed E-state index contributed by atoms with van der Waals surface area (Å²) in [6.45, 7) is 0.